The fourth-order valence-electron chi connectivity index (χ4n) is 2.43. The fraction of sp³-hybridized carbons (Fsp3) is 0.750. The molecule has 1 atom stereocenters. The van der Waals surface area contributed by atoms with E-state index in [0.29, 0.717) is 12.5 Å². The van der Waals surface area contributed by atoms with E-state index in [2.05, 4.69) is 30.3 Å². The third-order valence-electron chi connectivity index (χ3n) is 3.26. The van der Waals surface area contributed by atoms with Crippen LogP contribution in [0.5, 0.6) is 0 Å². The maximum Gasteiger partial charge on any atom is 0.111 e. The standard InChI is InChI=1S/C12H21N3/c1-8(2)12-14-10(6-13)11-5-4-9(3)7-15(11)12/h8-9H,4-7,13H2,1-3H3. The Balaban J connectivity index is 2.45. The minimum Gasteiger partial charge on any atom is -0.331 e. The summed E-state index contributed by atoms with van der Waals surface area (Å²) >= 11 is 0. The van der Waals surface area contributed by atoms with Gasteiger partial charge in [-0.25, -0.2) is 4.98 Å². The Morgan fingerprint density at radius 3 is 2.87 bits per heavy atom. The monoisotopic (exact) mass is 207 g/mol. The number of nitrogens with zero attached hydrogens (tertiary/aromatic N) is 2. The summed E-state index contributed by atoms with van der Waals surface area (Å²) in [6, 6.07) is 0. The van der Waals surface area contributed by atoms with Gasteiger partial charge in [-0.3, -0.25) is 0 Å². The van der Waals surface area contributed by atoms with Crippen LogP contribution in [0, 0.1) is 5.92 Å². The maximum atomic E-state index is 5.75. The van der Waals surface area contributed by atoms with Crippen LogP contribution >= 0.6 is 0 Å². The second-order valence-electron chi connectivity index (χ2n) is 4.98. The first-order valence-electron chi connectivity index (χ1n) is 5.91. The number of imidazole rings is 1. The highest BCUT2D eigenvalue weighted by Crippen LogP contribution is 2.27. The first-order chi connectivity index (χ1) is 7.13. The second kappa shape index (κ2) is 3.97. The Morgan fingerprint density at radius 1 is 1.53 bits per heavy atom. The molecule has 1 aromatic heterocycles. The molecule has 0 aliphatic carbocycles. The summed E-state index contributed by atoms with van der Waals surface area (Å²) in [4.78, 5) is 4.68. The molecule has 0 spiro atoms. The van der Waals surface area contributed by atoms with Crippen LogP contribution in [-0.2, 0) is 19.5 Å². The maximum absolute atomic E-state index is 5.75. The Bertz CT molecular complexity index is 352. The molecule has 3 nitrogen and oxygen atoms in total. The third kappa shape index (κ3) is 1.81. The van der Waals surface area contributed by atoms with Crippen LogP contribution in [0.4, 0.5) is 0 Å². The van der Waals surface area contributed by atoms with Crippen LogP contribution in [0.2, 0.25) is 0 Å². The Hall–Kier alpha value is -0.830. The summed E-state index contributed by atoms with van der Waals surface area (Å²) in [5, 5.41) is 0. The van der Waals surface area contributed by atoms with E-state index in [-0.39, 0.29) is 0 Å². The van der Waals surface area contributed by atoms with Crippen molar-refractivity contribution >= 4 is 0 Å². The number of rotatable bonds is 2. The van der Waals surface area contributed by atoms with Gasteiger partial charge in [0.25, 0.3) is 0 Å². The first-order valence-corrected chi connectivity index (χ1v) is 5.91. The highest BCUT2D eigenvalue weighted by molar-refractivity contribution is 5.21. The van der Waals surface area contributed by atoms with E-state index in [1.807, 2.05) is 0 Å². The van der Waals surface area contributed by atoms with Crippen molar-refractivity contribution in [3.63, 3.8) is 0 Å². The van der Waals surface area contributed by atoms with E-state index in [1.54, 1.807) is 0 Å². The molecule has 0 saturated heterocycles. The molecular weight excluding hydrogens is 186 g/mol. The number of hydrogen-bond acceptors (Lipinski definition) is 2. The Kier molecular flexibility index (Phi) is 2.83. The average Bonchev–Trinajstić information content (AvgIpc) is 2.55. The zero-order valence-electron chi connectivity index (χ0n) is 9.95. The van der Waals surface area contributed by atoms with Gasteiger partial charge in [-0.1, -0.05) is 20.8 Å². The van der Waals surface area contributed by atoms with Crippen molar-refractivity contribution in [2.75, 3.05) is 0 Å². The molecular formula is C12H21N3. The average molecular weight is 207 g/mol. The topological polar surface area (TPSA) is 43.8 Å². The zero-order valence-corrected chi connectivity index (χ0v) is 9.95. The molecule has 0 fully saturated rings. The molecule has 2 N–H and O–H groups in total. The molecule has 0 saturated carbocycles. The van der Waals surface area contributed by atoms with Crippen molar-refractivity contribution in [3.05, 3.63) is 17.2 Å². The van der Waals surface area contributed by atoms with Gasteiger partial charge in [0.15, 0.2) is 0 Å². The molecule has 0 radical (unpaired) electrons. The molecule has 1 aliphatic heterocycles. The molecule has 1 aromatic rings. The first kappa shape index (κ1) is 10.7. The Labute approximate surface area is 91.7 Å². The highest BCUT2D eigenvalue weighted by Gasteiger charge is 2.23. The predicted molar refractivity (Wildman–Crippen MR) is 61.7 cm³/mol. The number of aromatic nitrogens is 2. The largest absolute Gasteiger partial charge is 0.331 e. The van der Waals surface area contributed by atoms with Crippen LogP contribution < -0.4 is 5.73 Å². The van der Waals surface area contributed by atoms with Gasteiger partial charge in [-0.15, -0.1) is 0 Å². The normalized spacial score (nSPS) is 20.7. The molecule has 2 rings (SSSR count). The minimum atomic E-state index is 0.495. The molecule has 1 aliphatic rings. The van der Waals surface area contributed by atoms with E-state index in [1.165, 1.54) is 17.9 Å². The quantitative estimate of drug-likeness (QED) is 0.806. The molecule has 3 heteroatoms. The van der Waals surface area contributed by atoms with E-state index >= 15 is 0 Å². The van der Waals surface area contributed by atoms with Crippen molar-refractivity contribution < 1.29 is 0 Å². The van der Waals surface area contributed by atoms with E-state index < -0.39 is 0 Å². The summed E-state index contributed by atoms with van der Waals surface area (Å²) in [5.41, 5.74) is 8.25. The van der Waals surface area contributed by atoms with Gasteiger partial charge in [0.2, 0.25) is 0 Å². The van der Waals surface area contributed by atoms with E-state index in [4.69, 9.17) is 5.73 Å². The SMILES string of the molecule is CC1CCc2c(CN)nc(C(C)C)n2C1. The van der Waals surface area contributed by atoms with Gasteiger partial charge in [-0.05, 0) is 18.8 Å². The molecule has 15 heavy (non-hydrogen) atoms. The highest BCUT2D eigenvalue weighted by atomic mass is 15.1. The van der Waals surface area contributed by atoms with Crippen molar-refractivity contribution in [2.24, 2.45) is 11.7 Å². The van der Waals surface area contributed by atoms with E-state index in [9.17, 15) is 0 Å². The molecule has 0 amide bonds. The molecule has 0 aromatic carbocycles. The van der Waals surface area contributed by atoms with Crippen LogP contribution in [0.1, 0.15) is 50.3 Å². The van der Waals surface area contributed by atoms with Gasteiger partial charge >= 0.3 is 0 Å². The van der Waals surface area contributed by atoms with Crippen LogP contribution in [0.3, 0.4) is 0 Å². The van der Waals surface area contributed by atoms with Crippen LogP contribution in [-0.4, -0.2) is 9.55 Å². The summed E-state index contributed by atoms with van der Waals surface area (Å²) in [7, 11) is 0. The lowest BCUT2D eigenvalue weighted by Gasteiger charge is -2.23. The van der Waals surface area contributed by atoms with Gasteiger partial charge in [0, 0.05) is 24.7 Å². The van der Waals surface area contributed by atoms with Crippen LogP contribution in [0.25, 0.3) is 0 Å². The Morgan fingerprint density at radius 2 is 2.27 bits per heavy atom. The van der Waals surface area contributed by atoms with Gasteiger partial charge in [-0.2, -0.15) is 0 Å². The minimum absolute atomic E-state index is 0.495. The summed E-state index contributed by atoms with van der Waals surface area (Å²) in [6.45, 7) is 8.42. The number of fused-ring (bicyclic) bond motifs is 1. The van der Waals surface area contributed by atoms with Gasteiger partial charge in [0.05, 0.1) is 5.69 Å². The van der Waals surface area contributed by atoms with Gasteiger partial charge in [0.1, 0.15) is 5.82 Å². The van der Waals surface area contributed by atoms with Crippen LogP contribution in [0.15, 0.2) is 0 Å². The van der Waals surface area contributed by atoms with Crippen molar-refractivity contribution in [1.29, 1.82) is 0 Å². The van der Waals surface area contributed by atoms with Crippen molar-refractivity contribution in [2.45, 2.75) is 52.6 Å². The summed E-state index contributed by atoms with van der Waals surface area (Å²) in [5.74, 6) is 2.49. The second-order valence-corrected chi connectivity index (χ2v) is 4.98. The lowest BCUT2D eigenvalue weighted by molar-refractivity contribution is 0.386. The predicted octanol–water partition coefficient (Wildman–Crippen LogP) is 2.05. The lowest BCUT2D eigenvalue weighted by atomic mass is 9.98. The summed E-state index contributed by atoms with van der Waals surface area (Å²) < 4.78 is 2.40. The molecule has 84 valence electrons. The number of hydrogen-bond donors (Lipinski definition) is 1. The molecule has 2 heterocycles. The van der Waals surface area contributed by atoms with E-state index in [0.717, 1.165) is 24.6 Å². The smallest absolute Gasteiger partial charge is 0.111 e. The van der Waals surface area contributed by atoms with Gasteiger partial charge < -0.3 is 10.3 Å². The van der Waals surface area contributed by atoms with Crippen molar-refractivity contribution in [3.8, 4) is 0 Å². The third-order valence-corrected chi connectivity index (χ3v) is 3.26. The molecule has 1 unspecified atom stereocenters. The zero-order chi connectivity index (χ0) is 11.0. The van der Waals surface area contributed by atoms with Crippen molar-refractivity contribution in [1.82, 2.24) is 9.55 Å². The lowest BCUT2D eigenvalue weighted by Crippen LogP contribution is -2.20. The number of nitrogens with two attached hydrogens (primary N) is 1. The molecule has 0 bridgehead atoms. The fourth-order valence-corrected chi connectivity index (χ4v) is 2.43. The summed E-state index contributed by atoms with van der Waals surface area (Å²) in [6.07, 6.45) is 2.42.